The molecule has 1 fully saturated rings. The smallest absolute Gasteiger partial charge is 0.431 e. The zero-order valence-corrected chi connectivity index (χ0v) is 11.4. The summed E-state index contributed by atoms with van der Waals surface area (Å²) in [6, 6.07) is 0.288. The normalized spacial score (nSPS) is 26.3. The summed E-state index contributed by atoms with van der Waals surface area (Å²) in [5, 5.41) is 19.2. The van der Waals surface area contributed by atoms with Gasteiger partial charge in [0.25, 0.3) is 0 Å². The van der Waals surface area contributed by atoms with Gasteiger partial charge in [-0.15, -0.1) is 0 Å². The van der Waals surface area contributed by atoms with Crippen LogP contribution in [0.1, 0.15) is 12.6 Å². The van der Waals surface area contributed by atoms with Crippen molar-refractivity contribution >= 4 is 22.8 Å². The summed E-state index contributed by atoms with van der Waals surface area (Å²) in [5.74, 6) is 0. The van der Waals surface area contributed by atoms with Gasteiger partial charge in [0.05, 0.1) is 19.8 Å². The molecule has 1 unspecified atom stereocenters. The second-order valence-corrected chi connectivity index (χ2v) is 4.87. The molecule has 0 saturated carbocycles. The van der Waals surface area contributed by atoms with Crippen molar-refractivity contribution in [1.82, 2.24) is 15.0 Å². The average Bonchev–Trinajstić information content (AvgIpc) is 2.98. The number of fused-ring (bicyclic) bond motifs is 1. The Morgan fingerprint density at radius 1 is 1.60 bits per heavy atom. The molecule has 9 heteroatoms. The Kier molecular flexibility index (Phi) is 3.47. The molecule has 3 heterocycles. The van der Waals surface area contributed by atoms with E-state index in [1.54, 1.807) is 10.8 Å². The third-order valence-corrected chi connectivity index (χ3v) is 3.43. The lowest BCUT2D eigenvalue weighted by atomic mass is 10.2. The molecule has 0 amide bonds. The van der Waals surface area contributed by atoms with Gasteiger partial charge in [-0.25, -0.2) is 0 Å². The minimum Gasteiger partial charge on any atom is -0.431 e. The van der Waals surface area contributed by atoms with E-state index in [0.717, 1.165) is 0 Å². The van der Waals surface area contributed by atoms with Crippen LogP contribution < -0.4 is 9.30 Å². The molecule has 2 aromatic rings. The van der Waals surface area contributed by atoms with Crippen molar-refractivity contribution in [3.63, 3.8) is 0 Å². The number of aromatic amines is 1. The number of ether oxygens (including phenoxy) is 2. The van der Waals surface area contributed by atoms with Crippen LogP contribution in [0.4, 0.5) is 0 Å². The molecule has 0 radical (unpaired) electrons. The Balaban J connectivity index is 2.01. The number of hydrogen-bond acceptors (Lipinski definition) is 6. The van der Waals surface area contributed by atoms with Gasteiger partial charge in [-0.1, -0.05) is 0 Å². The fraction of sp³-hybridized carbons (Fsp3) is 0.545. The monoisotopic (exact) mass is 301 g/mol. The fourth-order valence-electron chi connectivity index (χ4n) is 2.27. The molecule has 8 nitrogen and oxygen atoms in total. The molecule has 2 aromatic heterocycles. The first-order valence-electron chi connectivity index (χ1n) is 6.08. The Morgan fingerprint density at radius 3 is 3.05 bits per heavy atom. The zero-order valence-electron chi connectivity index (χ0n) is 10.7. The Labute approximate surface area is 118 Å². The van der Waals surface area contributed by atoms with E-state index in [0.29, 0.717) is 17.6 Å². The van der Waals surface area contributed by atoms with Gasteiger partial charge in [0.15, 0.2) is 5.52 Å². The SMILES string of the molecule is COc1nc2nc(Cl)[nH]c2c[n+]1C1C[C@H](O)[C@@H](CO)O1. The quantitative estimate of drug-likeness (QED) is 0.524. The van der Waals surface area contributed by atoms with Crippen LogP contribution in [0.25, 0.3) is 11.2 Å². The van der Waals surface area contributed by atoms with Crippen LogP contribution in [0, 0.1) is 0 Å². The van der Waals surface area contributed by atoms with Crippen LogP contribution in [0.2, 0.25) is 5.28 Å². The molecule has 108 valence electrons. The lowest BCUT2D eigenvalue weighted by molar-refractivity contribution is -0.763. The number of H-pyrrole nitrogens is 1. The molecule has 3 atom stereocenters. The summed E-state index contributed by atoms with van der Waals surface area (Å²) >= 11 is 5.80. The topological polar surface area (TPSA) is 104 Å². The summed E-state index contributed by atoms with van der Waals surface area (Å²) in [7, 11) is 1.48. The predicted octanol–water partition coefficient (Wildman–Crippen LogP) is -0.452. The van der Waals surface area contributed by atoms with Crippen molar-refractivity contribution in [2.24, 2.45) is 0 Å². The minimum absolute atomic E-state index is 0.230. The van der Waals surface area contributed by atoms with Crippen molar-refractivity contribution < 1.29 is 24.3 Å². The molecule has 0 spiro atoms. The Hall–Kier alpha value is -1.48. The molecule has 1 aliphatic heterocycles. The Bertz CT molecular complexity index is 634. The van der Waals surface area contributed by atoms with E-state index < -0.39 is 18.4 Å². The number of rotatable bonds is 3. The molecular formula is C11H14ClN4O4+. The van der Waals surface area contributed by atoms with Crippen LogP contribution in [0.5, 0.6) is 6.01 Å². The van der Waals surface area contributed by atoms with Gasteiger partial charge >= 0.3 is 11.7 Å². The van der Waals surface area contributed by atoms with Crippen molar-refractivity contribution in [2.75, 3.05) is 13.7 Å². The second kappa shape index (κ2) is 5.13. The van der Waals surface area contributed by atoms with E-state index in [1.165, 1.54) is 7.11 Å². The highest BCUT2D eigenvalue weighted by molar-refractivity contribution is 6.28. The van der Waals surface area contributed by atoms with Gasteiger partial charge in [0, 0.05) is 11.4 Å². The van der Waals surface area contributed by atoms with Gasteiger partial charge in [0.1, 0.15) is 12.3 Å². The Morgan fingerprint density at radius 2 is 2.40 bits per heavy atom. The number of imidazole rings is 1. The summed E-state index contributed by atoms with van der Waals surface area (Å²) < 4.78 is 12.4. The predicted molar refractivity (Wildman–Crippen MR) is 67.3 cm³/mol. The largest absolute Gasteiger partial charge is 0.502 e. The number of aliphatic hydroxyl groups is 2. The first kappa shape index (κ1) is 13.5. The number of aliphatic hydroxyl groups excluding tert-OH is 2. The molecule has 1 aliphatic rings. The molecule has 1 saturated heterocycles. The van der Waals surface area contributed by atoms with Crippen LogP contribution in [0.15, 0.2) is 6.20 Å². The summed E-state index contributed by atoms with van der Waals surface area (Å²) in [6.45, 7) is -0.244. The highest BCUT2D eigenvalue weighted by Crippen LogP contribution is 2.26. The van der Waals surface area contributed by atoms with Crippen molar-refractivity contribution in [2.45, 2.75) is 24.9 Å². The second-order valence-electron chi connectivity index (χ2n) is 4.51. The first-order chi connectivity index (χ1) is 9.62. The highest BCUT2D eigenvalue weighted by atomic mass is 35.5. The molecule has 20 heavy (non-hydrogen) atoms. The van der Waals surface area contributed by atoms with E-state index in [2.05, 4.69) is 15.0 Å². The minimum atomic E-state index is -0.733. The van der Waals surface area contributed by atoms with Crippen LogP contribution in [-0.4, -0.2) is 51.1 Å². The van der Waals surface area contributed by atoms with Gasteiger partial charge in [0.2, 0.25) is 11.5 Å². The number of nitrogens with zero attached hydrogens (tertiary/aromatic N) is 3. The summed E-state index contributed by atoms with van der Waals surface area (Å²) in [4.78, 5) is 11.1. The lowest BCUT2D eigenvalue weighted by Gasteiger charge is -2.11. The van der Waals surface area contributed by atoms with E-state index in [4.69, 9.17) is 26.2 Å². The van der Waals surface area contributed by atoms with Crippen LogP contribution in [0.3, 0.4) is 0 Å². The number of hydrogen-bond donors (Lipinski definition) is 3. The molecule has 0 aliphatic carbocycles. The van der Waals surface area contributed by atoms with Gasteiger partial charge in [-0.2, -0.15) is 9.55 Å². The average molecular weight is 302 g/mol. The summed E-state index contributed by atoms with van der Waals surface area (Å²) in [5.41, 5.74) is 1.06. The van der Waals surface area contributed by atoms with Gasteiger partial charge in [-0.05, 0) is 11.6 Å². The first-order valence-corrected chi connectivity index (χ1v) is 6.46. The summed E-state index contributed by atoms with van der Waals surface area (Å²) in [6.07, 6.45) is 0.219. The maximum Gasteiger partial charge on any atom is 0.502 e. The maximum absolute atomic E-state index is 9.80. The van der Waals surface area contributed by atoms with Crippen LogP contribution in [-0.2, 0) is 4.74 Å². The van der Waals surface area contributed by atoms with E-state index in [1.807, 2.05) is 0 Å². The number of nitrogens with one attached hydrogen (secondary N) is 1. The van der Waals surface area contributed by atoms with E-state index in [9.17, 15) is 5.11 Å². The van der Waals surface area contributed by atoms with Crippen LogP contribution >= 0.6 is 11.6 Å². The highest BCUT2D eigenvalue weighted by Gasteiger charge is 2.39. The molecule has 3 N–H and O–H groups in total. The molecule has 3 rings (SSSR count). The van der Waals surface area contributed by atoms with E-state index >= 15 is 0 Å². The van der Waals surface area contributed by atoms with Gasteiger partial charge in [-0.3, -0.25) is 0 Å². The molecule has 0 bridgehead atoms. The standard InChI is InChI=1S/C11H13ClN4O4/c1-19-11-15-9-5(13-10(12)14-9)3-16(11)8-2-6(18)7(4-17)20-8/h3,6-8,17-18H,2,4H2,1H3/p+1/t6-,7+,8?/m0/s1. The third-order valence-electron chi connectivity index (χ3n) is 3.25. The fourth-order valence-corrected chi connectivity index (χ4v) is 2.46. The lowest BCUT2D eigenvalue weighted by Crippen LogP contribution is -2.41. The third kappa shape index (κ3) is 2.20. The van der Waals surface area contributed by atoms with Gasteiger partial charge < -0.3 is 24.7 Å². The van der Waals surface area contributed by atoms with Crippen molar-refractivity contribution in [3.8, 4) is 6.01 Å². The molecule has 0 aromatic carbocycles. The maximum atomic E-state index is 9.80. The number of aromatic nitrogens is 4. The van der Waals surface area contributed by atoms with Crippen molar-refractivity contribution in [3.05, 3.63) is 11.5 Å². The van der Waals surface area contributed by atoms with E-state index in [-0.39, 0.29) is 17.9 Å². The molecular weight excluding hydrogens is 288 g/mol. The zero-order chi connectivity index (χ0) is 14.3. The number of halogens is 1. The van der Waals surface area contributed by atoms with Crippen molar-refractivity contribution in [1.29, 1.82) is 0 Å². The number of methoxy groups -OCH3 is 1.